The van der Waals surface area contributed by atoms with Gasteiger partial charge in [0.1, 0.15) is 0 Å². The van der Waals surface area contributed by atoms with Gasteiger partial charge in [-0.1, -0.05) is 266 Å². The Balaban J connectivity index is 0.000000188. The predicted octanol–water partition coefficient (Wildman–Crippen LogP) is 18.9. The van der Waals surface area contributed by atoms with Gasteiger partial charge in [-0.15, -0.1) is 0 Å². The highest BCUT2D eigenvalue weighted by molar-refractivity contribution is 6.03. The molecule has 0 aromatic heterocycles. The van der Waals surface area contributed by atoms with Gasteiger partial charge in [0, 0.05) is 10.8 Å². The molecule has 0 saturated heterocycles. The van der Waals surface area contributed by atoms with Crippen molar-refractivity contribution in [2.75, 3.05) is 0 Å². The fourth-order valence-electron chi connectivity index (χ4n) is 8.80. The molecule has 2 aliphatic carbocycles. The zero-order valence-corrected chi connectivity index (χ0v) is 39.3. The van der Waals surface area contributed by atoms with Gasteiger partial charge in [-0.05, 0) is 94.4 Å². The van der Waals surface area contributed by atoms with Crippen LogP contribution in [0.1, 0.15) is 125 Å². The average molecular weight is 803 g/mol. The first-order chi connectivity index (χ1) is 29.6. The average Bonchev–Trinajstić information content (AvgIpc) is 3.67. The Morgan fingerprint density at radius 2 is 0.672 bits per heavy atom. The number of hydrogen-bond donors (Lipinski definition) is 0. The van der Waals surface area contributed by atoms with Crippen LogP contribution in [0.25, 0.3) is 66.1 Å². The molecule has 10 rings (SSSR count). The molecule has 0 unspecified atom stereocenters. The van der Waals surface area contributed by atoms with E-state index in [1.54, 1.807) is 0 Å². The third kappa shape index (κ3) is 9.45. The summed E-state index contributed by atoms with van der Waals surface area (Å²) >= 11 is 0. The van der Waals surface area contributed by atoms with Crippen molar-refractivity contribution < 1.29 is 0 Å². The van der Waals surface area contributed by atoms with E-state index in [0.29, 0.717) is 0 Å². The number of fused-ring (bicyclic) bond motifs is 8. The molecule has 0 radical (unpaired) electrons. The molecular formula is C61H70. The van der Waals surface area contributed by atoms with Crippen LogP contribution in [0.3, 0.4) is 0 Å². The van der Waals surface area contributed by atoms with E-state index >= 15 is 0 Å². The maximum absolute atomic E-state index is 2.38. The van der Waals surface area contributed by atoms with Crippen LogP contribution in [-0.2, 0) is 10.8 Å². The van der Waals surface area contributed by atoms with Crippen molar-refractivity contribution in [3.05, 3.63) is 192 Å². The molecule has 0 aliphatic heterocycles. The van der Waals surface area contributed by atoms with Gasteiger partial charge in [0.2, 0.25) is 0 Å². The van der Waals surface area contributed by atoms with Crippen LogP contribution < -0.4 is 0 Å². The standard InChI is InChI=1S/2C25H20.3C3H8.C2H6/c1-25(2)22-15-6-5-12-21(22)24-20(14-8-16-23(24)25)19-13-7-10-17-9-3-4-11-18(17)19;1-25(2)23-13-6-5-11-21(23)22-16-18(14-15-24(22)25)20-12-7-9-17-8-3-4-10-19(17)20;3*1-3-2;1-2/h2*3-16H,1-2H3;3*3H2,1-2H3;1-2H3. The molecule has 0 bridgehead atoms. The van der Waals surface area contributed by atoms with Crippen molar-refractivity contribution in [1.82, 2.24) is 0 Å². The van der Waals surface area contributed by atoms with Gasteiger partial charge in [-0.3, -0.25) is 0 Å². The van der Waals surface area contributed by atoms with Crippen LogP contribution in [0.4, 0.5) is 0 Å². The van der Waals surface area contributed by atoms with Gasteiger partial charge in [0.05, 0.1) is 0 Å². The zero-order chi connectivity index (χ0) is 44.2. The highest BCUT2D eigenvalue weighted by atomic mass is 14.4. The number of benzene rings is 8. The summed E-state index contributed by atoms with van der Waals surface area (Å²) in [4.78, 5) is 0. The SMILES string of the molecule is CC.CC1(C)c2ccccc2-c2c(-c3cccc4ccccc34)cccc21.CC1(C)c2ccccc2-c2cc(-c3cccc4ccccc34)ccc21.CCC.CCC.CCC. The van der Waals surface area contributed by atoms with Crippen LogP contribution in [0.15, 0.2) is 170 Å². The molecule has 61 heavy (non-hydrogen) atoms. The Bertz CT molecular complexity index is 2630. The fraction of sp³-hybridized carbons (Fsp3) is 0.279. The number of rotatable bonds is 2. The summed E-state index contributed by atoms with van der Waals surface area (Å²) < 4.78 is 0. The summed E-state index contributed by atoms with van der Waals surface area (Å²) in [6, 6.07) is 62.0. The van der Waals surface area contributed by atoms with Crippen LogP contribution in [0, 0.1) is 0 Å². The van der Waals surface area contributed by atoms with Crippen LogP contribution in [0.5, 0.6) is 0 Å². The van der Waals surface area contributed by atoms with Gasteiger partial charge in [-0.25, -0.2) is 0 Å². The van der Waals surface area contributed by atoms with E-state index in [-0.39, 0.29) is 10.8 Å². The molecule has 0 fully saturated rings. The van der Waals surface area contributed by atoms with Crippen molar-refractivity contribution in [2.45, 2.75) is 113 Å². The molecular weight excluding hydrogens is 733 g/mol. The van der Waals surface area contributed by atoms with E-state index in [4.69, 9.17) is 0 Å². The van der Waals surface area contributed by atoms with Gasteiger partial charge >= 0.3 is 0 Å². The quantitative estimate of drug-likeness (QED) is 0.163. The Morgan fingerprint density at radius 1 is 0.311 bits per heavy atom. The fourth-order valence-corrected chi connectivity index (χ4v) is 8.80. The Hall–Kier alpha value is -5.72. The molecule has 0 heteroatoms. The molecule has 314 valence electrons. The van der Waals surface area contributed by atoms with E-state index in [0.717, 1.165) is 0 Å². The number of hydrogen-bond acceptors (Lipinski definition) is 0. The van der Waals surface area contributed by atoms with E-state index in [1.807, 2.05) is 13.8 Å². The third-order valence-corrected chi connectivity index (χ3v) is 11.4. The smallest absolute Gasteiger partial charge is 0.0159 e. The summed E-state index contributed by atoms with van der Waals surface area (Å²) in [7, 11) is 0. The van der Waals surface area contributed by atoms with Crippen LogP contribution in [-0.4, -0.2) is 0 Å². The van der Waals surface area contributed by atoms with Crippen molar-refractivity contribution >= 4 is 21.5 Å². The Kier molecular flexibility index (Phi) is 16.1. The van der Waals surface area contributed by atoms with Crippen LogP contribution >= 0.6 is 0 Å². The van der Waals surface area contributed by atoms with Crippen molar-refractivity contribution in [3.8, 4) is 44.5 Å². The molecule has 0 atom stereocenters. The molecule has 0 amide bonds. The normalized spacial score (nSPS) is 12.7. The van der Waals surface area contributed by atoms with Crippen molar-refractivity contribution in [2.24, 2.45) is 0 Å². The second-order valence-corrected chi connectivity index (χ2v) is 17.0. The van der Waals surface area contributed by atoms with Crippen molar-refractivity contribution in [1.29, 1.82) is 0 Å². The highest BCUT2D eigenvalue weighted by Crippen LogP contribution is 2.53. The lowest BCUT2D eigenvalue weighted by Gasteiger charge is -2.21. The van der Waals surface area contributed by atoms with E-state index in [1.165, 1.54) is 108 Å². The minimum atomic E-state index is 0.0481. The molecule has 2 aliphatic rings. The molecule has 0 spiro atoms. The van der Waals surface area contributed by atoms with Crippen molar-refractivity contribution in [3.63, 3.8) is 0 Å². The predicted molar refractivity (Wildman–Crippen MR) is 273 cm³/mol. The molecule has 8 aromatic carbocycles. The molecule has 8 aromatic rings. The summed E-state index contributed by atoms with van der Waals surface area (Å²) in [5, 5.41) is 5.22. The zero-order valence-electron chi connectivity index (χ0n) is 39.3. The second-order valence-electron chi connectivity index (χ2n) is 17.0. The maximum Gasteiger partial charge on any atom is 0.0159 e. The monoisotopic (exact) mass is 803 g/mol. The first-order valence-electron chi connectivity index (χ1n) is 23.0. The summed E-state index contributed by atoms with van der Waals surface area (Å²) in [6.45, 7) is 26.1. The largest absolute Gasteiger partial charge is 0.0683 e. The lowest BCUT2D eigenvalue weighted by Crippen LogP contribution is -2.14. The molecule has 0 nitrogen and oxygen atoms in total. The minimum Gasteiger partial charge on any atom is -0.0683 e. The van der Waals surface area contributed by atoms with Gasteiger partial charge in [-0.2, -0.15) is 0 Å². The van der Waals surface area contributed by atoms with E-state index in [9.17, 15) is 0 Å². The maximum atomic E-state index is 2.38. The lowest BCUT2D eigenvalue weighted by molar-refractivity contribution is 0.660. The summed E-state index contributed by atoms with van der Waals surface area (Å²) in [6.07, 6.45) is 3.75. The van der Waals surface area contributed by atoms with Gasteiger partial charge in [0.25, 0.3) is 0 Å². The lowest BCUT2D eigenvalue weighted by atomic mass is 9.82. The van der Waals surface area contributed by atoms with Gasteiger partial charge in [0.15, 0.2) is 0 Å². The first kappa shape index (κ1) is 46.3. The molecule has 0 N–H and O–H groups in total. The summed E-state index contributed by atoms with van der Waals surface area (Å²) in [5.74, 6) is 0. The van der Waals surface area contributed by atoms with E-state index < -0.39 is 0 Å². The Morgan fingerprint density at radius 3 is 1.26 bits per heavy atom. The molecule has 0 saturated carbocycles. The van der Waals surface area contributed by atoms with Gasteiger partial charge < -0.3 is 0 Å². The topological polar surface area (TPSA) is 0 Å². The van der Waals surface area contributed by atoms with E-state index in [2.05, 4.69) is 239 Å². The second kappa shape index (κ2) is 21.2. The third-order valence-electron chi connectivity index (χ3n) is 11.4. The Labute approximate surface area is 369 Å². The summed E-state index contributed by atoms with van der Waals surface area (Å²) in [5.41, 5.74) is 16.6. The first-order valence-corrected chi connectivity index (χ1v) is 23.0. The molecule has 0 heterocycles. The highest BCUT2D eigenvalue weighted by Gasteiger charge is 2.37. The van der Waals surface area contributed by atoms with Crippen LogP contribution in [0.2, 0.25) is 0 Å². The minimum absolute atomic E-state index is 0.0481.